The summed E-state index contributed by atoms with van der Waals surface area (Å²) in [5.41, 5.74) is 0.814. The van der Waals surface area contributed by atoms with Gasteiger partial charge in [0, 0.05) is 64.9 Å². The maximum absolute atomic E-state index is 12.6. The zero-order valence-electron chi connectivity index (χ0n) is 17.5. The van der Waals surface area contributed by atoms with Crippen LogP contribution in [0.3, 0.4) is 0 Å². The summed E-state index contributed by atoms with van der Waals surface area (Å²) in [4.78, 5) is 33.5. The molecule has 0 radical (unpaired) electrons. The maximum atomic E-state index is 12.6. The lowest BCUT2D eigenvalue weighted by Crippen LogP contribution is -2.45. The number of hydrogen-bond donors (Lipinski definition) is 0. The molecule has 2 aliphatic rings. The van der Waals surface area contributed by atoms with E-state index in [4.69, 9.17) is 23.2 Å². The number of likely N-dealkylation sites (N-methyl/N-ethyl adjacent to an activating group) is 1. The normalized spacial score (nSPS) is 19.5. The number of carbonyl (C=O) groups is 2. The Morgan fingerprint density at radius 3 is 2.50 bits per heavy atom. The highest BCUT2D eigenvalue weighted by Crippen LogP contribution is 2.23. The molecule has 8 heteroatoms. The first-order valence-corrected chi connectivity index (χ1v) is 11.3. The highest BCUT2D eigenvalue weighted by Gasteiger charge is 2.23. The van der Waals surface area contributed by atoms with Crippen LogP contribution in [0.1, 0.15) is 18.4 Å². The first-order chi connectivity index (χ1) is 14.4. The van der Waals surface area contributed by atoms with Gasteiger partial charge in [-0.1, -0.05) is 29.3 Å². The molecule has 30 heavy (non-hydrogen) atoms. The van der Waals surface area contributed by atoms with Gasteiger partial charge in [-0.05, 0) is 43.8 Å². The van der Waals surface area contributed by atoms with Crippen molar-refractivity contribution >= 4 is 41.1 Å². The fraction of sp³-hybridized carbons (Fsp3) is 0.545. The lowest BCUT2D eigenvalue weighted by Gasteiger charge is -2.32. The number of halogens is 2. The number of rotatable bonds is 6. The van der Waals surface area contributed by atoms with Crippen molar-refractivity contribution < 1.29 is 9.59 Å². The van der Waals surface area contributed by atoms with Crippen LogP contribution in [0.2, 0.25) is 10.0 Å². The Hall–Kier alpha value is -1.60. The lowest BCUT2D eigenvalue weighted by molar-refractivity contribution is -0.130. The minimum atomic E-state index is -0.0897. The first kappa shape index (κ1) is 23.1. The van der Waals surface area contributed by atoms with Crippen molar-refractivity contribution in [2.24, 2.45) is 0 Å². The summed E-state index contributed by atoms with van der Waals surface area (Å²) in [6.45, 7) is 7.79. The van der Waals surface area contributed by atoms with E-state index in [1.807, 2.05) is 11.0 Å². The molecule has 164 valence electrons. The molecule has 0 spiro atoms. The van der Waals surface area contributed by atoms with Gasteiger partial charge in [0.25, 0.3) is 0 Å². The average molecular weight is 453 g/mol. The van der Waals surface area contributed by atoms with Gasteiger partial charge < -0.3 is 19.6 Å². The van der Waals surface area contributed by atoms with E-state index in [2.05, 4.69) is 16.8 Å². The monoisotopic (exact) mass is 452 g/mol. The van der Waals surface area contributed by atoms with E-state index >= 15 is 0 Å². The molecule has 1 aromatic rings. The average Bonchev–Trinajstić information content (AvgIpc) is 2.92. The van der Waals surface area contributed by atoms with E-state index in [1.54, 1.807) is 23.1 Å². The molecule has 0 unspecified atom stereocenters. The van der Waals surface area contributed by atoms with Crippen molar-refractivity contribution in [3.63, 3.8) is 0 Å². The van der Waals surface area contributed by atoms with Crippen molar-refractivity contribution in [3.05, 3.63) is 39.9 Å². The topological polar surface area (TPSA) is 47.1 Å². The van der Waals surface area contributed by atoms with E-state index in [-0.39, 0.29) is 11.8 Å². The van der Waals surface area contributed by atoms with E-state index in [1.165, 1.54) is 6.08 Å². The Balaban J connectivity index is 1.45. The second-order valence-electron chi connectivity index (χ2n) is 7.96. The molecule has 1 aromatic carbocycles. The molecule has 0 aliphatic carbocycles. The van der Waals surface area contributed by atoms with Gasteiger partial charge in [-0.3, -0.25) is 9.59 Å². The lowest BCUT2D eigenvalue weighted by atomic mass is 10.2. The third-order valence-corrected chi connectivity index (χ3v) is 6.50. The highest BCUT2D eigenvalue weighted by atomic mass is 35.5. The molecule has 0 N–H and O–H groups in total. The van der Waals surface area contributed by atoms with Crippen molar-refractivity contribution in [1.82, 2.24) is 19.6 Å². The van der Waals surface area contributed by atoms with Gasteiger partial charge in [0.1, 0.15) is 0 Å². The van der Waals surface area contributed by atoms with Crippen LogP contribution in [0, 0.1) is 0 Å². The molecule has 6 nitrogen and oxygen atoms in total. The van der Waals surface area contributed by atoms with Crippen LogP contribution >= 0.6 is 23.2 Å². The smallest absolute Gasteiger partial charge is 0.246 e. The second kappa shape index (κ2) is 11.1. The molecule has 0 aromatic heterocycles. The SMILES string of the molecule is CN1CCN(CCCN2CCN(C(=O)/C=C/c3ccc(Cl)c(Cl)c3)CCC2=O)CC1. The first-order valence-electron chi connectivity index (χ1n) is 10.5. The summed E-state index contributed by atoms with van der Waals surface area (Å²) in [6, 6.07) is 5.24. The summed E-state index contributed by atoms with van der Waals surface area (Å²) in [6.07, 6.45) is 4.61. The number of piperazine rings is 1. The number of carbonyl (C=O) groups excluding carboxylic acids is 2. The molecule has 2 fully saturated rings. The van der Waals surface area contributed by atoms with Crippen LogP contribution in [0.5, 0.6) is 0 Å². The summed E-state index contributed by atoms with van der Waals surface area (Å²) in [7, 11) is 2.15. The molecule has 2 aliphatic heterocycles. The molecule has 0 saturated carbocycles. The largest absolute Gasteiger partial charge is 0.341 e. The van der Waals surface area contributed by atoms with Crippen LogP contribution in [0.25, 0.3) is 6.08 Å². The van der Waals surface area contributed by atoms with Crippen LogP contribution < -0.4 is 0 Å². The van der Waals surface area contributed by atoms with Crippen LogP contribution in [0.4, 0.5) is 0 Å². The third kappa shape index (κ3) is 6.71. The van der Waals surface area contributed by atoms with Crippen LogP contribution in [-0.2, 0) is 9.59 Å². The third-order valence-electron chi connectivity index (χ3n) is 5.76. The fourth-order valence-electron chi connectivity index (χ4n) is 3.77. The van der Waals surface area contributed by atoms with Gasteiger partial charge in [0.05, 0.1) is 10.0 Å². The fourth-order valence-corrected chi connectivity index (χ4v) is 4.08. The summed E-state index contributed by atoms with van der Waals surface area (Å²) in [5, 5.41) is 0.942. The summed E-state index contributed by atoms with van der Waals surface area (Å²) in [5.74, 6) is 0.0466. The Morgan fingerprint density at radius 2 is 1.77 bits per heavy atom. The summed E-state index contributed by atoms with van der Waals surface area (Å²) < 4.78 is 0. The van der Waals surface area contributed by atoms with Crippen LogP contribution in [-0.4, -0.2) is 97.4 Å². The molecule has 0 atom stereocenters. The minimum absolute atomic E-state index is 0.0897. The van der Waals surface area contributed by atoms with Crippen molar-refractivity contribution in [2.45, 2.75) is 12.8 Å². The number of benzene rings is 1. The van der Waals surface area contributed by atoms with E-state index < -0.39 is 0 Å². The van der Waals surface area contributed by atoms with Crippen molar-refractivity contribution in [3.8, 4) is 0 Å². The standard InChI is InChI=1S/C22H30Cl2N4O2/c1-25-11-13-26(14-12-25)8-2-9-27-15-16-28(10-7-22(27)30)21(29)6-4-18-3-5-19(23)20(24)17-18/h3-6,17H,2,7-16H2,1H3/b6-4+. The van der Waals surface area contributed by atoms with E-state index in [0.29, 0.717) is 36.1 Å². The maximum Gasteiger partial charge on any atom is 0.246 e. The van der Waals surface area contributed by atoms with Gasteiger partial charge in [-0.2, -0.15) is 0 Å². The number of hydrogen-bond acceptors (Lipinski definition) is 4. The molecule has 3 rings (SSSR count). The molecular weight excluding hydrogens is 423 g/mol. The Kier molecular flexibility index (Phi) is 8.57. The predicted octanol–water partition coefficient (Wildman–Crippen LogP) is 2.71. The van der Waals surface area contributed by atoms with Gasteiger partial charge >= 0.3 is 0 Å². The molecule has 0 bridgehead atoms. The van der Waals surface area contributed by atoms with Crippen molar-refractivity contribution in [1.29, 1.82) is 0 Å². The molecular formula is C22H30Cl2N4O2. The zero-order chi connectivity index (χ0) is 21.5. The minimum Gasteiger partial charge on any atom is -0.341 e. The predicted molar refractivity (Wildman–Crippen MR) is 122 cm³/mol. The number of amides is 2. The molecule has 2 heterocycles. The van der Waals surface area contributed by atoms with Gasteiger partial charge in [-0.25, -0.2) is 0 Å². The van der Waals surface area contributed by atoms with Crippen molar-refractivity contribution in [2.75, 3.05) is 66.0 Å². The van der Waals surface area contributed by atoms with Gasteiger partial charge in [-0.15, -0.1) is 0 Å². The molecule has 2 saturated heterocycles. The van der Waals surface area contributed by atoms with Crippen LogP contribution in [0.15, 0.2) is 24.3 Å². The van der Waals surface area contributed by atoms with Gasteiger partial charge in [0.15, 0.2) is 0 Å². The molecule has 2 amide bonds. The van der Waals surface area contributed by atoms with E-state index in [0.717, 1.165) is 51.3 Å². The highest BCUT2D eigenvalue weighted by molar-refractivity contribution is 6.42. The Bertz CT molecular complexity index is 778. The number of nitrogens with zero attached hydrogens (tertiary/aromatic N) is 4. The summed E-state index contributed by atoms with van der Waals surface area (Å²) >= 11 is 11.9. The Morgan fingerprint density at radius 1 is 1.00 bits per heavy atom. The Labute approximate surface area is 189 Å². The zero-order valence-corrected chi connectivity index (χ0v) is 19.0. The second-order valence-corrected chi connectivity index (χ2v) is 8.78. The van der Waals surface area contributed by atoms with Gasteiger partial charge in [0.2, 0.25) is 11.8 Å². The quantitative estimate of drug-likeness (QED) is 0.622. The van der Waals surface area contributed by atoms with E-state index in [9.17, 15) is 9.59 Å².